The Balaban J connectivity index is 0.000000364. The molecule has 1 N–H and O–H groups in total. The van der Waals surface area contributed by atoms with Crippen LogP contribution in [0.4, 0.5) is 0 Å². The van der Waals surface area contributed by atoms with Crippen LogP contribution in [0.15, 0.2) is 23.8 Å². The lowest BCUT2D eigenvalue weighted by atomic mass is 9.86. The van der Waals surface area contributed by atoms with E-state index in [1.165, 1.54) is 24.8 Å². The van der Waals surface area contributed by atoms with Crippen molar-refractivity contribution >= 4 is 5.97 Å². The molecule has 0 bridgehead atoms. The highest BCUT2D eigenvalue weighted by atomic mass is 16.4. The van der Waals surface area contributed by atoms with Crippen molar-refractivity contribution in [1.82, 2.24) is 0 Å². The van der Waals surface area contributed by atoms with Gasteiger partial charge in [0, 0.05) is 6.92 Å². The molecular weight excluding hydrogens is 176 g/mol. The van der Waals surface area contributed by atoms with Crippen LogP contribution in [0, 0.1) is 5.92 Å². The van der Waals surface area contributed by atoms with Gasteiger partial charge < -0.3 is 5.11 Å². The second-order valence-corrected chi connectivity index (χ2v) is 3.89. The van der Waals surface area contributed by atoms with Crippen LogP contribution in [0.2, 0.25) is 0 Å². The van der Waals surface area contributed by atoms with Gasteiger partial charge in [0.1, 0.15) is 0 Å². The average Bonchev–Trinajstić information content (AvgIpc) is 2.03. The van der Waals surface area contributed by atoms with Gasteiger partial charge in [-0.15, -0.1) is 0 Å². The van der Waals surface area contributed by atoms with E-state index in [0.29, 0.717) is 0 Å². The van der Waals surface area contributed by atoms with E-state index in [4.69, 9.17) is 9.90 Å². The van der Waals surface area contributed by atoms with E-state index in [9.17, 15) is 0 Å². The van der Waals surface area contributed by atoms with Crippen molar-refractivity contribution in [2.24, 2.45) is 5.92 Å². The van der Waals surface area contributed by atoms with Crippen LogP contribution in [0.1, 0.15) is 40.0 Å². The Hall–Kier alpha value is -1.05. The van der Waals surface area contributed by atoms with Crippen LogP contribution in [-0.2, 0) is 4.79 Å². The lowest BCUT2D eigenvalue weighted by Crippen LogP contribution is -2.04. The molecule has 0 aromatic carbocycles. The van der Waals surface area contributed by atoms with Crippen molar-refractivity contribution in [2.45, 2.75) is 40.0 Å². The highest BCUT2D eigenvalue weighted by Gasteiger charge is 2.11. The van der Waals surface area contributed by atoms with Crippen LogP contribution < -0.4 is 0 Å². The van der Waals surface area contributed by atoms with Crippen LogP contribution in [0.25, 0.3) is 0 Å². The molecule has 1 rings (SSSR count). The largest absolute Gasteiger partial charge is 0.481 e. The second kappa shape index (κ2) is 6.41. The number of allylic oxidation sites excluding steroid dienone is 3. The minimum atomic E-state index is -0.833. The predicted molar refractivity (Wildman–Crippen MR) is 59.2 cm³/mol. The Morgan fingerprint density at radius 1 is 1.57 bits per heavy atom. The van der Waals surface area contributed by atoms with Gasteiger partial charge in [0.15, 0.2) is 0 Å². The molecule has 2 heteroatoms. The van der Waals surface area contributed by atoms with Gasteiger partial charge in [-0.2, -0.15) is 0 Å². The maximum Gasteiger partial charge on any atom is 0.300 e. The van der Waals surface area contributed by atoms with E-state index in [-0.39, 0.29) is 0 Å². The third-order valence-electron chi connectivity index (χ3n) is 2.33. The number of carboxylic acids is 1. The molecule has 0 radical (unpaired) electrons. The standard InChI is InChI=1S/C10H16.C2H4O2/c1-8(2)10-6-4-9(3)5-7-10;1-2(3)4/h4,10H,1,5-7H2,2-3H3;1H3,(H,3,4)/t10-;/m0./s1. The van der Waals surface area contributed by atoms with E-state index in [2.05, 4.69) is 26.5 Å². The molecule has 0 saturated heterocycles. The molecule has 0 aliphatic heterocycles. The quantitative estimate of drug-likeness (QED) is 0.653. The van der Waals surface area contributed by atoms with Crippen molar-refractivity contribution < 1.29 is 9.90 Å². The fourth-order valence-electron chi connectivity index (χ4n) is 1.41. The lowest BCUT2D eigenvalue weighted by Gasteiger charge is -2.19. The zero-order valence-electron chi connectivity index (χ0n) is 9.34. The molecule has 14 heavy (non-hydrogen) atoms. The third kappa shape index (κ3) is 6.46. The summed E-state index contributed by atoms with van der Waals surface area (Å²) in [5.74, 6) is -0.0660. The number of hydrogen-bond acceptors (Lipinski definition) is 1. The van der Waals surface area contributed by atoms with Gasteiger partial charge >= 0.3 is 0 Å². The van der Waals surface area contributed by atoms with Crippen molar-refractivity contribution in [3.8, 4) is 0 Å². The van der Waals surface area contributed by atoms with Gasteiger partial charge in [-0.05, 0) is 39.0 Å². The van der Waals surface area contributed by atoms with Gasteiger partial charge in [-0.1, -0.05) is 23.8 Å². The fourth-order valence-corrected chi connectivity index (χ4v) is 1.41. The maximum atomic E-state index is 9.00. The molecule has 0 heterocycles. The number of hydrogen-bond donors (Lipinski definition) is 1. The van der Waals surface area contributed by atoms with Gasteiger partial charge in [0.2, 0.25) is 0 Å². The average molecular weight is 196 g/mol. The smallest absolute Gasteiger partial charge is 0.300 e. The molecule has 1 aliphatic rings. The van der Waals surface area contributed by atoms with E-state index >= 15 is 0 Å². The maximum absolute atomic E-state index is 9.00. The summed E-state index contributed by atoms with van der Waals surface area (Å²) in [6, 6.07) is 0. The van der Waals surface area contributed by atoms with Crippen molar-refractivity contribution in [3.63, 3.8) is 0 Å². The number of carboxylic acid groups (broad SMARTS) is 1. The van der Waals surface area contributed by atoms with E-state index in [1.54, 1.807) is 5.57 Å². The summed E-state index contributed by atoms with van der Waals surface area (Å²) >= 11 is 0. The summed E-state index contributed by atoms with van der Waals surface area (Å²) in [7, 11) is 0. The summed E-state index contributed by atoms with van der Waals surface area (Å²) in [4.78, 5) is 9.00. The summed E-state index contributed by atoms with van der Waals surface area (Å²) in [6.07, 6.45) is 6.17. The third-order valence-corrected chi connectivity index (χ3v) is 2.33. The summed E-state index contributed by atoms with van der Waals surface area (Å²) in [6.45, 7) is 9.41. The second-order valence-electron chi connectivity index (χ2n) is 3.89. The minimum Gasteiger partial charge on any atom is -0.481 e. The Bertz CT molecular complexity index is 235. The summed E-state index contributed by atoms with van der Waals surface area (Å²) in [5.41, 5.74) is 2.90. The lowest BCUT2D eigenvalue weighted by molar-refractivity contribution is -0.134. The van der Waals surface area contributed by atoms with Crippen molar-refractivity contribution in [3.05, 3.63) is 23.8 Å². The fraction of sp³-hybridized carbons (Fsp3) is 0.583. The van der Waals surface area contributed by atoms with Crippen LogP contribution >= 0.6 is 0 Å². The molecule has 80 valence electrons. The highest BCUT2D eigenvalue weighted by molar-refractivity contribution is 5.62. The molecule has 0 fully saturated rings. The zero-order chi connectivity index (χ0) is 11.1. The first-order valence-corrected chi connectivity index (χ1v) is 4.94. The van der Waals surface area contributed by atoms with Crippen LogP contribution in [0.3, 0.4) is 0 Å². The Kier molecular flexibility index (Phi) is 5.93. The number of carbonyl (C=O) groups is 1. The molecule has 1 aliphatic carbocycles. The molecular formula is C12H20O2. The molecule has 0 spiro atoms. The van der Waals surface area contributed by atoms with Gasteiger partial charge in [0.05, 0.1) is 0 Å². The normalized spacial score (nSPS) is 20.2. The SMILES string of the molecule is C=C(C)[C@H]1CC=C(C)CC1.CC(=O)O. The first kappa shape index (κ1) is 12.9. The molecule has 2 nitrogen and oxygen atoms in total. The topological polar surface area (TPSA) is 37.3 Å². The first-order chi connectivity index (χ1) is 6.43. The van der Waals surface area contributed by atoms with E-state index < -0.39 is 5.97 Å². The summed E-state index contributed by atoms with van der Waals surface area (Å²) < 4.78 is 0. The van der Waals surface area contributed by atoms with Crippen molar-refractivity contribution in [2.75, 3.05) is 0 Å². The monoisotopic (exact) mass is 196 g/mol. The van der Waals surface area contributed by atoms with Crippen LogP contribution in [-0.4, -0.2) is 11.1 Å². The Labute approximate surface area is 86.3 Å². The van der Waals surface area contributed by atoms with Gasteiger partial charge in [0.25, 0.3) is 5.97 Å². The molecule has 0 aromatic heterocycles. The van der Waals surface area contributed by atoms with E-state index in [1.807, 2.05) is 0 Å². The zero-order valence-corrected chi connectivity index (χ0v) is 9.34. The molecule has 0 amide bonds. The molecule has 1 atom stereocenters. The first-order valence-electron chi connectivity index (χ1n) is 4.94. The van der Waals surface area contributed by atoms with Crippen LogP contribution in [0.5, 0.6) is 0 Å². The summed E-state index contributed by atoms with van der Waals surface area (Å²) in [5, 5.41) is 7.42. The molecule has 0 aromatic rings. The van der Waals surface area contributed by atoms with Crippen molar-refractivity contribution in [1.29, 1.82) is 0 Å². The predicted octanol–water partition coefficient (Wildman–Crippen LogP) is 3.40. The Morgan fingerprint density at radius 3 is 2.36 bits per heavy atom. The van der Waals surface area contributed by atoms with Gasteiger partial charge in [-0.3, -0.25) is 4.79 Å². The Morgan fingerprint density at radius 2 is 2.07 bits per heavy atom. The highest BCUT2D eigenvalue weighted by Crippen LogP contribution is 2.27. The van der Waals surface area contributed by atoms with E-state index in [0.717, 1.165) is 12.8 Å². The molecule has 0 saturated carbocycles. The van der Waals surface area contributed by atoms with Gasteiger partial charge in [-0.25, -0.2) is 0 Å². The minimum absolute atomic E-state index is 0.767. The molecule has 0 unspecified atom stereocenters. The number of aliphatic carboxylic acids is 1. The number of rotatable bonds is 1.